The number of nitrogens with zero attached hydrogens (tertiary/aromatic N) is 2. The number of fused-ring (bicyclic) bond motifs is 2. The minimum Gasteiger partial charge on any atom is -0.373 e. The summed E-state index contributed by atoms with van der Waals surface area (Å²) in [5.41, 5.74) is 2.18. The van der Waals surface area contributed by atoms with Gasteiger partial charge in [-0.2, -0.15) is 0 Å². The molecule has 1 aliphatic carbocycles. The van der Waals surface area contributed by atoms with E-state index in [1.54, 1.807) is 0 Å². The molecule has 4 nitrogen and oxygen atoms in total. The molecule has 2 saturated heterocycles. The van der Waals surface area contributed by atoms with Crippen molar-refractivity contribution in [2.45, 2.75) is 50.8 Å². The fourth-order valence-corrected chi connectivity index (χ4v) is 3.98. The summed E-state index contributed by atoms with van der Waals surface area (Å²) in [6.07, 6.45) is 7.70. The number of rotatable bonds is 2. The first-order valence-electron chi connectivity index (χ1n) is 7.88. The largest absolute Gasteiger partial charge is 0.373 e. The van der Waals surface area contributed by atoms with Gasteiger partial charge in [0.25, 0.3) is 0 Å². The molecule has 2 aliphatic heterocycles. The Morgan fingerprint density at radius 2 is 2.25 bits per heavy atom. The third kappa shape index (κ3) is 2.11. The maximum absolute atomic E-state index is 11.9. The molecule has 0 aromatic carbocycles. The van der Waals surface area contributed by atoms with E-state index < -0.39 is 0 Å². The van der Waals surface area contributed by atoms with E-state index in [1.807, 2.05) is 6.07 Å². The van der Waals surface area contributed by atoms with E-state index in [2.05, 4.69) is 15.7 Å². The second-order valence-electron chi connectivity index (χ2n) is 6.35. The summed E-state index contributed by atoms with van der Waals surface area (Å²) in [5.74, 6) is 0.314. The molecule has 0 bridgehead atoms. The van der Waals surface area contributed by atoms with E-state index in [9.17, 15) is 4.79 Å². The Balaban J connectivity index is 1.48. The van der Waals surface area contributed by atoms with Crippen molar-refractivity contribution in [3.8, 4) is 0 Å². The number of hydrogen-bond acceptors (Lipinski definition) is 3. The van der Waals surface area contributed by atoms with Crippen LogP contribution in [0.2, 0.25) is 0 Å². The standard InChI is InChI=1S/C16H22N2O2/c19-16-5-1-4-15-14(16)6-8-18(15)10-13-9-17-7-2-3-12(17)11-20-13/h6,8,12-13H,1-5,7,9-11H2. The van der Waals surface area contributed by atoms with Crippen LogP contribution in [0.15, 0.2) is 12.3 Å². The smallest absolute Gasteiger partial charge is 0.164 e. The Morgan fingerprint density at radius 1 is 1.30 bits per heavy atom. The molecule has 1 aromatic heterocycles. The normalized spacial score (nSPS) is 30.3. The molecule has 4 rings (SSSR count). The van der Waals surface area contributed by atoms with E-state index in [0.717, 1.165) is 38.1 Å². The first kappa shape index (κ1) is 12.6. The van der Waals surface area contributed by atoms with Crippen LogP contribution in [-0.2, 0) is 17.7 Å². The zero-order valence-electron chi connectivity index (χ0n) is 11.9. The van der Waals surface area contributed by atoms with Gasteiger partial charge in [-0.05, 0) is 38.3 Å². The van der Waals surface area contributed by atoms with E-state index >= 15 is 0 Å². The summed E-state index contributed by atoms with van der Waals surface area (Å²) in [4.78, 5) is 14.5. The highest BCUT2D eigenvalue weighted by Gasteiger charge is 2.32. The van der Waals surface area contributed by atoms with Crippen molar-refractivity contribution in [1.82, 2.24) is 9.47 Å². The SMILES string of the molecule is O=C1CCCc2c1ccn2CC1CN2CCCC2CO1. The fraction of sp³-hybridized carbons (Fsp3) is 0.688. The minimum atomic E-state index is 0.276. The number of morpholine rings is 1. The average Bonchev–Trinajstić information content (AvgIpc) is 3.06. The summed E-state index contributed by atoms with van der Waals surface area (Å²) in [6, 6.07) is 2.66. The molecular weight excluding hydrogens is 252 g/mol. The summed E-state index contributed by atoms with van der Waals surface area (Å²) in [5, 5.41) is 0. The van der Waals surface area contributed by atoms with Gasteiger partial charge in [0.1, 0.15) is 0 Å². The number of Topliss-reactive ketones (excluding diaryl/α,β-unsaturated/α-hetero) is 1. The Kier molecular flexibility index (Phi) is 3.15. The molecule has 0 amide bonds. The molecular formula is C16H22N2O2. The Hall–Kier alpha value is -1.13. The van der Waals surface area contributed by atoms with Crippen LogP contribution in [0.5, 0.6) is 0 Å². The average molecular weight is 274 g/mol. The number of carbonyl (C=O) groups excluding carboxylic acids is 1. The first-order valence-corrected chi connectivity index (χ1v) is 7.88. The molecule has 0 N–H and O–H groups in total. The molecule has 20 heavy (non-hydrogen) atoms. The van der Waals surface area contributed by atoms with Gasteiger partial charge in [0.2, 0.25) is 0 Å². The Bertz CT molecular complexity index is 523. The fourth-order valence-electron chi connectivity index (χ4n) is 3.98. The lowest BCUT2D eigenvalue weighted by Crippen LogP contribution is -2.47. The van der Waals surface area contributed by atoms with Gasteiger partial charge in [-0.15, -0.1) is 0 Å². The van der Waals surface area contributed by atoms with Crippen molar-refractivity contribution in [3.05, 3.63) is 23.5 Å². The topological polar surface area (TPSA) is 34.5 Å². The van der Waals surface area contributed by atoms with E-state index in [4.69, 9.17) is 4.74 Å². The number of ether oxygens (including phenoxy) is 1. The van der Waals surface area contributed by atoms with Crippen molar-refractivity contribution in [3.63, 3.8) is 0 Å². The molecule has 2 unspecified atom stereocenters. The molecule has 3 aliphatic rings. The van der Waals surface area contributed by atoms with Crippen LogP contribution in [0, 0.1) is 0 Å². The van der Waals surface area contributed by atoms with Gasteiger partial charge in [0.15, 0.2) is 5.78 Å². The van der Waals surface area contributed by atoms with E-state index in [-0.39, 0.29) is 6.10 Å². The van der Waals surface area contributed by atoms with Gasteiger partial charge in [-0.25, -0.2) is 0 Å². The van der Waals surface area contributed by atoms with Crippen molar-refractivity contribution in [2.75, 3.05) is 19.7 Å². The van der Waals surface area contributed by atoms with Crippen LogP contribution in [0.25, 0.3) is 0 Å². The number of aromatic nitrogens is 1. The monoisotopic (exact) mass is 274 g/mol. The van der Waals surface area contributed by atoms with Crippen molar-refractivity contribution >= 4 is 5.78 Å². The second-order valence-corrected chi connectivity index (χ2v) is 6.35. The molecule has 1 aromatic rings. The van der Waals surface area contributed by atoms with Crippen molar-refractivity contribution in [1.29, 1.82) is 0 Å². The summed E-state index contributed by atoms with van der Waals surface area (Å²) in [7, 11) is 0. The number of carbonyl (C=O) groups is 1. The third-order valence-corrected chi connectivity index (χ3v) is 5.06. The number of ketones is 1. The Morgan fingerprint density at radius 3 is 3.20 bits per heavy atom. The molecule has 0 saturated carbocycles. The molecule has 4 heteroatoms. The Labute approximate surface area is 119 Å². The molecule has 108 valence electrons. The van der Waals surface area contributed by atoms with Crippen LogP contribution < -0.4 is 0 Å². The van der Waals surface area contributed by atoms with Crippen LogP contribution in [-0.4, -0.2) is 47.1 Å². The van der Waals surface area contributed by atoms with Crippen LogP contribution in [0.4, 0.5) is 0 Å². The van der Waals surface area contributed by atoms with Crippen LogP contribution in [0.1, 0.15) is 41.7 Å². The predicted molar refractivity (Wildman–Crippen MR) is 76.0 cm³/mol. The number of hydrogen-bond donors (Lipinski definition) is 0. The van der Waals surface area contributed by atoms with Gasteiger partial charge in [-0.3, -0.25) is 9.69 Å². The van der Waals surface area contributed by atoms with Crippen LogP contribution >= 0.6 is 0 Å². The van der Waals surface area contributed by atoms with Gasteiger partial charge in [-0.1, -0.05) is 0 Å². The third-order valence-electron chi connectivity index (χ3n) is 5.06. The summed E-state index contributed by atoms with van der Waals surface area (Å²) >= 11 is 0. The van der Waals surface area contributed by atoms with Crippen molar-refractivity contribution < 1.29 is 9.53 Å². The lowest BCUT2D eigenvalue weighted by Gasteiger charge is -2.35. The molecule has 2 fully saturated rings. The quantitative estimate of drug-likeness (QED) is 0.825. The van der Waals surface area contributed by atoms with Gasteiger partial charge in [0.05, 0.1) is 12.7 Å². The van der Waals surface area contributed by atoms with Gasteiger partial charge in [0, 0.05) is 43.0 Å². The highest BCUT2D eigenvalue weighted by Crippen LogP contribution is 2.26. The molecule has 0 spiro atoms. The van der Waals surface area contributed by atoms with E-state index in [0.29, 0.717) is 18.2 Å². The lowest BCUT2D eigenvalue weighted by atomic mass is 9.97. The van der Waals surface area contributed by atoms with E-state index in [1.165, 1.54) is 25.1 Å². The second kappa shape index (κ2) is 5.01. The highest BCUT2D eigenvalue weighted by molar-refractivity contribution is 5.98. The van der Waals surface area contributed by atoms with Crippen molar-refractivity contribution in [2.24, 2.45) is 0 Å². The van der Waals surface area contributed by atoms with Gasteiger partial charge >= 0.3 is 0 Å². The lowest BCUT2D eigenvalue weighted by molar-refractivity contribution is -0.0554. The molecule has 0 radical (unpaired) electrons. The minimum absolute atomic E-state index is 0.276. The zero-order valence-corrected chi connectivity index (χ0v) is 11.9. The predicted octanol–water partition coefficient (Wildman–Crippen LogP) is 1.87. The maximum Gasteiger partial charge on any atom is 0.164 e. The summed E-state index contributed by atoms with van der Waals surface area (Å²) in [6.45, 7) is 4.05. The zero-order chi connectivity index (χ0) is 13.5. The molecule has 2 atom stereocenters. The van der Waals surface area contributed by atoms with Gasteiger partial charge < -0.3 is 9.30 Å². The maximum atomic E-state index is 11.9. The summed E-state index contributed by atoms with van der Waals surface area (Å²) < 4.78 is 8.29. The van der Waals surface area contributed by atoms with Crippen LogP contribution in [0.3, 0.4) is 0 Å². The highest BCUT2D eigenvalue weighted by atomic mass is 16.5. The molecule has 3 heterocycles. The first-order chi connectivity index (χ1) is 9.81.